The van der Waals surface area contributed by atoms with Crippen LogP contribution in [-0.4, -0.2) is 25.8 Å². The Kier molecular flexibility index (Phi) is 8.83. The summed E-state index contributed by atoms with van der Waals surface area (Å²) in [4.78, 5) is 12.5. The zero-order valence-corrected chi connectivity index (χ0v) is 20.2. The lowest BCUT2D eigenvalue weighted by Gasteiger charge is -2.11. The molecule has 0 spiro atoms. The van der Waals surface area contributed by atoms with E-state index >= 15 is 0 Å². The van der Waals surface area contributed by atoms with Gasteiger partial charge in [-0.05, 0) is 55.5 Å². The Hall–Kier alpha value is -2.93. The topological polar surface area (TPSA) is 69.2 Å². The summed E-state index contributed by atoms with van der Waals surface area (Å²) in [5.74, 6) is 1.13. The third-order valence-electron chi connectivity index (χ3n) is 4.47. The van der Waals surface area contributed by atoms with Crippen LogP contribution in [0.2, 0.25) is 15.1 Å². The Bertz CT molecular complexity index is 1170. The summed E-state index contributed by atoms with van der Waals surface area (Å²) in [6.07, 6.45) is 1.45. The van der Waals surface area contributed by atoms with Crippen LogP contribution in [0.15, 0.2) is 59.7 Å². The van der Waals surface area contributed by atoms with Gasteiger partial charge in [-0.3, -0.25) is 4.79 Å². The number of benzene rings is 3. The summed E-state index contributed by atoms with van der Waals surface area (Å²) in [5, 5.41) is 5.59. The summed E-state index contributed by atoms with van der Waals surface area (Å²) in [6, 6.07) is 15.1. The van der Waals surface area contributed by atoms with Crippen molar-refractivity contribution in [3.63, 3.8) is 0 Å². The van der Waals surface area contributed by atoms with Crippen LogP contribution in [0.25, 0.3) is 0 Å². The standard InChI is InChI=1S/C24H21Cl3N2O4/c1-3-32-23-11-15(5-8-22(23)31-2)24(30)29-28-13-17-10-18(25)7-9-21(17)33-14-16-4-6-19(26)12-20(16)27/h4-13H,3,14H2,1-2H3,(H,29,30)/b28-13+. The number of hydrogen-bond acceptors (Lipinski definition) is 5. The molecule has 0 atom stereocenters. The molecule has 3 aromatic rings. The van der Waals surface area contributed by atoms with Gasteiger partial charge >= 0.3 is 0 Å². The molecule has 0 saturated heterocycles. The van der Waals surface area contributed by atoms with Gasteiger partial charge in [0.05, 0.1) is 19.9 Å². The van der Waals surface area contributed by atoms with Gasteiger partial charge in [0, 0.05) is 31.8 Å². The highest BCUT2D eigenvalue weighted by molar-refractivity contribution is 6.35. The van der Waals surface area contributed by atoms with Gasteiger partial charge in [0.25, 0.3) is 5.91 Å². The van der Waals surface area contributed by atoms with Gasteiger partial charge in [0.2, 0.25) is 0 Å². The molecule has 0 aliphatic rings. The molecule has 0 bridgehead atoms. The number of carbonyl (C=O) groups excluding carboxylic acids is 1. The van der Waals surface area contributed by atoms with Gasteiger partial charge < -0.3 is 14.2 Å². The molecule has 0 heterocycles. The van der Waals surface area contributed by atoms with Crippen molar-refractivity contribution in [2.24, 2.45) is 5.10 Å². The average Bonchev–Trinajstić information content (AvgIpc) is 2.79. The van der Waals surface area contributed by atoms with Gasteiger partial charge in [0.1, 0.15) is 12.4 Å². The van der Waals surface area contributed by atoms with Crippen LogP contribution in [0.4, 0.5) is 0 Å². The molecule has 0 aliphatic heterocycles. The summed E-state index contributed by atoms with van der Waals surface area (Å²) >= 11 is 18.3. The summed E-state index contributed by atoms with van der Waals surface area (Å²) < 4.78 is 16.6. The maximum atomic E-state index is 12.5. The second kappa shape index (κ2) is 11.8. The minimum absolute atomic E-state index is 0.219. The molecule has 33 heavy (non-hydrogen) atoms. The molecule has 3 rings (SSSR count). The van der Waals surface area contributed by atoms with Gasteiger partial charge in [-0.15, -0.1) is 0 Å². The lowest BCUT2D eigenvalue weighted by molar-refractivity contribution is 0.0954. The van der Waals surface area contributed by atoms with Crippen molar-refractivity contribution in [1.29, 1.82) is 0 Å². The first-order valence-electron chi connectivity index (χ1n) is 9.91. The molecule has 9 heteroatoms. The molecular formula is C24H21Cl3N2O4. The number of carbonyl (C=O) groups is 1. The normalized spacial score (nSPS) is 10.8. The SMILES string of the molecule is CCOc1cc(C(=O)N/N=C/c2cc(Cl)ccc2OCc2ccc(Cl)cc2Cl)ccc1OC. The van der Waals surface area contributed by atoms with E-state index in [0.717, 1.165) is 5.56 Å². The molecule has 1 N–H and O–H groups in total. The Morgan fingerprint density at radius 2 is 1.67 bits per heavy atom. The van der Waals surface area contributed by atoms with Crippen LogP contribution in [0, 0.1) is 0 Å². The van der Waals surface area contributed by atoms with Crippen molar-refractivity contribution in [3.8, 4) is 17.2 Å². The number of amides is 1. The zero-order chi connectivity index (χ0) is 23.8. The number of hydrogen-bond donors (Lipinski definition) is 1. The fourth-order valence-electron chi connectivity index (χ4n) is 2.86. The van der Waals surface area contributed by atoms with Crippen LogP contribution >= 0.6 is 34.8 Å². The Labute approximate surface area is 207 Å². The van der Waals surface area contributed by atoms with E-state index in [4.69, 9.17) is 49.0 Å². The Morgan fingerprint density at radius 3 is 2.39 bits per heavy atom. The van der Waals surface area contributed by atoms with Gasteiger partial charge in [-0.25, -0.2) is 5.43 Å². The third-order valence-corrected chi connectivity index (χ3v) is 5.29. The highest BCUT2D eigenvalue weighted by atomic mass is 35.5. The fourth-order valence-corrected chi connectivity index (χ4v) is 3.50. The van der Waals surface area contributed by atoms with Gasteiger partial charge in [0.15, 0.2) is 11.5 Å². The van der Waals surface area contributed by atoms with Gasteiger partial charge in [-0.2, -0.15) is 5.10 Å². The lowest BCUT2D eigenvalue weighted by Crippen LogP contribution is -2.17. The van der Waals surface area contributed by atoms with E-state index < -0.39 is 5.91 Å². The van der Waals surface area contributed by atoms with E-state index in [1.807, 2.05) is 6.92 Å². The molecule has 0 fully saturated rings. The van der Waals surface area contributed by atoms with Crippen LogP contribution in [-0.2, 0) is 6.61 Å². The van der Waals surface area contributed by atoms with Crippen molar-refractivity contribution in [2.75, 3.05) is 13.7 Å². The first-order chi connectivity index (χ1) is 15.9. The maximum absolute atomic E-state index is 12.5. The maximum Gasteiger partial charge on any atom is 0.271 e. The molecule has 3 aromatic carbocycles. The van der Waals surface area contributed by atoms with Crippen LogP contribution in [0.3, 0.4) is 0 Å². The van der Waals surface area contributed by atoms with E-state index in [1.54, 1.807) is 54.6 Å². The Morgan fingerprint density at radius 1 is 0.939 bits per heavy atom. The van der Waals surface area contributed by atoms with Crippen molar-refractivity contribution < 1.29 is 19.0 Å². The van der Waals surface area contributed by atoms with Crippen molar-refractivity contribution in [1.82, 2.24) is 5.43 Å². The lowest BCUT2D eigenvalue weighted by atomic mass is 10.2. The summed E-state index contributed by atoms with van der Waals surface area (Å²) in [7, 11) is 1.54. The second-order valence-corrected chi connectivity index (χ2v) is 7.98. The number of ether oxygens (including phenoxy) is 3. The number of methoxy groups -OCH3 is 1. The molecule has 1 amide bonds. The molecule has 6 nitrogen and oxygen atoms in total. The number of halogens is 3. The molecule has 172 valence electrons. The molecule has 0 unspecified atom stereocenters. The highest BCUT2D eigenvalue weighted by Gasteiger charge is 2.11. The molecule has 0 radical (unpaired) electrons. The van der Waals surface area contributed by atoms with E-state index in [1.165, 1.54) is 13.3 Å². The first kappa shape index (κ1) is 24.7. The van der Waals surface area contributed by atoms with Crippen molar-refractivity contribution in [2.45, 2.75) is 13.5 Å². The largest absolute Gasteiger partial charge is 0.493 e. The molecule has 0 aromatic heterocycles. The number of rotatable bonds is 9. The molecule has 0 aliphatic carbocycles. The Balaban J connectivity index is 1.71. The van der Waals surface area contributed by atoms with E-state index in [-0.39, 0.29) is 6.61 Å². The van der Waals surface area contributed by atoms with Crippen molar-refractivity contribution in [3.05, 3.63) is 86.4 Å². The van der Waals surface area contributed by atoms with Gasteiger partial charge in [-0.1, -0.05) is 40.9 Å². The fraction of sp³-hybridized carbons (Fsp3) is 0.167. The van der Waals surface area contributed by atoms with E-state index in [9.17, 15) is 4.79 Å². The van der Waals surface area contributed by atoms with Crippen LogP contribution < -0.4 is 19.6 Å². The second-order valence-electron chi connectivity index (χ2n) is 6.70. The van der Waals surface area contributed by atoms with E-state index in [0.29, 0.717) is 50.1 Å². The number of nitrogens with zero attached hydrogens (tertiary/aromatic N) is 1. The monoisotopic (exact) mass is 506 g/mol. The van der Waals surface area contributed by atoms with Crippen LogP contribution in [0.1, 0.15) is 28.4 Å². The third kappa shape index (κ3) is 6.78. The average molecular weight is 508 g/mol. The highest BCUT2D eigenvalue weighted by Crippen LogP contribution is 2.28. The van der Waals surface area contributed by atoms with E-state index in [2.05, 4.69) is 10.5 Å². The van der Waals surface area contributed by atoms with Crippen molar-refractivity contribution >= 4 is 46.9 Å². The quantitative estimate of drug-likeness (QED) is 0.269. The smallest absolute Gasteiger partial charge is 0.271 e. The van der Waals surface area contributed by atoms with Crippen LogP contribution in [0.5, 0.6) is 17.2 Å². The number of nitrogens with one attached hydrogen (secondary N) is 1. The minimum atomic E-state index is -0.410. The number of hydrazone groups is 1. The summed E-state index contributed by atoms with van der Waals surface area (Å²) in [6.45, 7) is 2.51. The zero-order valence-electron chi connectivity index (χ0n) is 17.9. The first-order valence-corrected chi connectivity index (χ1v) is 11.0. The predicted molar refractivity (Wildman–Crippen MR) is 131 cm³/mol. The molecular weight excluding hydrogens is 487 g/mol. The minimum Gasteiger partial charge on any atom is -0.493 e. The molecule has 0 saturated carbocycles. The predicted octanol–water partition coefficient (Wildman–Crippen LogP) is 6.40. The summed E-state index contributed by atoms with van der Waals surface area (Å²) in [5.41, 5.74) is 4.22.